The first-order valence-electron chi connectivity index (χ1n) is 11.0. The largest absolute Gasteiger partial charge is 0.352 e. The van der Waals surface area contributed by atoms with E-state index in [2.05, 4.69) is 5.32 Å². The third-order valence-corrected chi connectivity index (χ3v) is 7.24. The van der Waals surface area contributed by atoms with Crippen LogP contribution in [0.15, 0.2) is 48.5 Å². The van der Waals surface area contributed by atoms with Gasteiger partial charge in [0, 0.05) is 22.6 Å². The van der Waals surface area contributed by atoms with Gasteiger partial charge < -0.3 is 10.2 Å². The molecule has 0 fully saturated rings. The quantitative estimate of drug-likeness (QED) is 0.466. The van der Waals surface area contributed by atoms with Gasteiger partial charge in [-0.25, -0.2) is 8.42 Å². The molecule has 0 unspecified atom stereocenters. The van der Waals surface area contributed by atoms with Crippen LogP contribution in [-0.2, 0) is 26.2 Å². The van der Waals surface area contributed by atoms with Gasteiger partial charge in [0.15, 0.2) is 0 Å². The summed E-state index contributed by atoms with van der Waals surface area (Å²) in [4.78, 5) is 28.1. The first-order chi connectivity index (χ1) is 16.0. The monoisotopic (exact) mass is 527 g/mol. The number of anilines is 1. The molecule has 0 radical (unpaired) electrons. The number of nitrogens with zero attached hydrogens (tertiary/aromatic N) is 2. The summed E-state index contributed by atoms with van der Waals surface area (Å²) >= 11 is 12.3. The van der Waals surface area contributed by atoms with E-state index in [4.69, 9.17) is 23.2 Å². The highest BCUT2D eigenvalue weighted by Crippen LogP contribution is 2.23. The normalized spacial score (nSPS) is 13.1. The number of carbonyl (C=O) groups is 2. The van der Waals surface area contributed by atoms with E-state index in [1.54, 1.807) is 43.3 Å². The highest BCUT2D eigenvalue weighted by Gasteiger charge is 2.32. The van der Waals surface area contributed by atoms with E-state index >= 15 is 0 Å². The van der Waals surface area contributed by atoms with Gasteiger partial charge in [0.25, 0.3) is 0 Å². The molecular weight excluding hydrogens is 497 g/mol. The Morgan fingerprint density at radius 3 is 2.15 bits per heavy atom. The predicted octanol–water partition coefficient (Wildman–Crippen LogP) is 4.48. The number of nitrogens with one attached hydrogen (secondary N) is 1. The molecule has 7 nitrogen and oxygen atoms in total. The number of amides is 2. The van der Waals surface area contributed by atoms with E-state index in [-0.39, 0.29) is 18.5 Å². The van der Waals surface area contributed by atoms with E-state index in [1.165, 1.54) is 17.0 Å². The molecule has 0 heterocycles. The molecule has 0 spiro atoms. The molecule has 0 aromatic heterocycles. The Morgan fingerprint density at radius 1 is 1.00 bits per heavy atom. The molecule has 0 saturated heterocycles. The van der Waals surface area contributed by atoms with Crippen molar-refractivity contribution in [1.29, 1.82) is 0 Å². The van der Waals surface area contributed by atoms with Gasteiger partial charge >= 0.3 is 0 Å². The Bertz CT molecular complexity index is 1090. The molecule has 2 atom stereocenters. The second-order valence-corrected chi connectivity index (χ2v) is 10.9. The van der Waals surface area contributed by atoms with Crippen LogP contribution >= 0.6 is 23.2 Å². The van der Waals surface area contributed by atoms with Crippen molar-refractivity contribution in [3.8, 4) is 0 Å². The fourth-order valence-corrected chi connectivity index (χ4v) is 4.56. The zero-order valence-corrected chi connectivity index (χ0v) is 22.1. The van der Waals surface area contributed by atoms with Crippen molar-refractivity contribution >= 4 is 50.7 Å². The van der Waals surface area contributed by atoms with Crippen LogP contribution in [0, 0.1) is 0 Å². The fraction of sp³-hybridized carbons (Fsp3) is 0.417. The van der Waals surface area contributed by atoms with Crippen LogP contribution < -0.4 is 9.62 Å². The number of benzene rings is 2. The van der Waals surface area contributed by atoms with Crippen molar-refractivity contribution in [3.63, 3.8) is 0 Å². The van der Waals surface area contributed by atoms with Gasteiger partial charge in [-0.05, 0) is 55.7 Å². The van der Waals surface area contributed by atoms with Crippen molar-refractivity contribution in [2.24, 2.45) is 0 Å². The van der Waals surface area contributed by atoms with E-state index in [1.807, 2.05) is 13.8 Å². The number of sulfonamides is 1. The fourth-order valence-electron chi connectivity index (χ4n) is 3.39. The summed E-state index contributed by atoms with van der Waals surface area (Å²) in [7, 11) is -3.80. The van der Waals surface area contributed by atoms with Crippen molar-refractivity contribution in [2.75, 3.05) is 17.1 Å². The molecule has 2 aromatic carbocycles. The van der Waals surface area contributed by atoms with Gasteiger partial charge in [-0.15, -0.1) is 0 Å². The highest BCUT2D eigenvalue weighted by atomic mass is 35.5. The first kappa shape index (κ1) is 28.0. The minimum atomic E-state index is -3.80. The molecule has 1 N–H and O–H groups in total. The van der Waals surface area contributed by atoms with Crippen LogP contribution in [0.2, 0.25) is 10.0 Å². The summed E-state index contributed by atoms with van der Waals surface area (Å²) in [6, 6.07) is 12.3. The lowest BCUT2D eigenvalue weighted by molar-refractivity contribution is -0.140. The number of hydrogen-bond donors (Lipinski definition) is 1. The SMILES string of the molecule is CC[C@@H](C)NC(=O)[C@H](CC)N(Cc1ccccc1Cl)C(=O)CN(c1ccc(Cl)cc1)S(C)(=O)=O. The summed E-state index contributed by atoms with van der Waals surface area (Å²) in [6.07, 6.45) is 2.11. The Labute approximate surface area is 212 Å². The van der Waals surface area contributed by atoms with Crippen LogP contribution in [0.25, 0.3) is 0 Å². The predicted molar refractivity (Wildman–Crippen MR) is 138 cm³/mol. The maximum atomic E-state index is 13.6. The molecule has 0 aliphatic heterocycles. The van der Waals surface area contributed by atoms with Crippen molar-refractivity contribution in [1.82, 2.24) is 10.2 Å². The number of carbonyl (C=O) groups excluding carboxylic acids is 2. The summed E-state index contributed by atoms with van der Waals surface area (Å²) in [6.45, 7) is 5.23. The standard InChI is InChI=1S/C24H31Cl2N3O4S/c1-5-17(3)27-24(31)22(6-2)28(15-18-9-7-8-10-21(18)26)23(30)16-29(34(4,32)33)20-13-11-19(25)12-14-20/h7-14,17,22H,5-6,15-16H2,1-4H3,(H,27,31)/t17-,22+/m1/s1. The Hall–Kier alpha value is -2.29. The molecule has 10 heteroatoms. The summed E-state index contributed by atoms with van der Waals surface area (Å²) in [5, 5.41) is 3.82. The van der Waals surface area contributed by atoms with Gasteiger partial charge in [-0.2, -0.15) is 0 Å². The van der Waals surface area contributed by atoms with E-state index < -0.39 is 28.5 Å². The van der Waals surface area contributed by atoms with Gasteiger partial charge in [-0.3, -0.25) is 13.9 Å². The van der Waals surface area contributed by atoms with E-state index in [0.717, 1.165) is 17.0 Å². The van der Waals surface area contributed by atoms with Crippen LogP contribution in [0.5, 0.6) is 0 Å². The third kappa shape index (κ3) is 7.61. The van der Waals surface area contributed by atoms with Crippen molar-refractivity contribution in [3.05, 3.63) is 64.1 Å². The molecular formula is C24H31Cl2N3O4S. The molecule has 2 amide bonds. The minimum absolute atomic E-state index is 0.0587. The number of hydrogen-bond acceptors (Lipinski definition) is 4. The average Bonchev–Trinajstić information content (AvgIpc) is 2.78. The topological polar surface area (TPSA) is 86.8 Å². The average molecular weight is 529 g/mol. The van der Waals surface area contributed by atoms with Crippen LogP contribution in [-0.4, -0.2) is 50.0 Å². The number of rotatable bonds is 11. The Balaban J connectivity index is 2.44. The van der Waals surface area contributed by atoms with Crippen molar-refractivity contribution in [2.45, 2.75) is 52.2 Å². The second kappa shape index (κ2) is 12.4. The van der Waals surface area contributed by atoms with E-state index in [0.29, 0.717) is 27.7 Å². The van der Waals surface area contributed by atoms with Crippen LogP contribution in [0.1, 0.15) is 39.2 Å². The molecule has 0 aliphatic carbocycles. The van der Waals surface area contributed by atoms with Crippen LogP contribution in [0.4, 0.5) is 5.69 Å². The van der Waals surface area contributed by atoms with Gasteiger partial charge in [0.2, 0.25) is 21.8 Å². The highest BCUT2D eigenvalue weighted by molar-refractivity contribution is 7.92. The third-order valence-electron chi connectivity index (χ3n) is 5.48. The van der Waals surface area contributed by atoms with Crippen molar-refractivity contribution < 1.29 is 18.0 Å². The summed E-state index contributed by atoms with van der Waals surface area (Å²) < 4.78 is 26.1. The second-order valence-electron chi connectivity index (χ2n) is 8.10. The van der Waals surface area contributed by atoms with Gasteiger partial charge in [0.05, 0.1) is 11.9 Å². The lowest BCUT2D eigenvalue weighted by Gasteiger charge is -2.33. The maximum absolute atomic E-state index is 13.6. The smallest absolute Gasteiger partial charge is 0.244 e. The van der Waals surface area contributed by atoms with Gasteiger partial charge in [0.1, 0.15) is 12.6 Å². The molecule has 0 bridgehead atoms. The number of halogens is 2. The summed E-state index contributed by atoms with van der Waals surface area (Å²) in [5.74, 6) is -0.818. The summed E-state index contributed by atoms with van der Waals surface area (Å²) in [5.41, 5.74) is 0.958. The molecule has 2 aromatic rings. The molecule has 0 saturated carbocycles. The first-order valence-corrected chi connectivity index (χ1v) is 13.6. The zero-order chi connectivity index (χ0) is 25.5. The Kier molecular flexibility index (Phi) is 10.2. The lowest BCUT2D eigenvalue weighted by Crippen LogP contribution is -2.53. The molecule has 2 rings (SSSR count). The molecule has 0 aliphatic rings. The van der Waals surface area contributed by atoms with E-state index in [9.17, 15) is 18.0 Å². The maximum Gasteiger partial charge on any atom is 0.244 e. The molecule has 34 heavy (non-hydrogen) atoms. The van der Waals surface area contributed by atoms with Gasteiger partial charge in [-0.1, -0.05) is 55.2 Å². The minimum Gasteiger partial charge on any atom is -0.352 e. The molecule has 186 valence electrons. The Morgan fingerprint density at radius 2 is 1.62 bits per heavy atom. The zero-order valence-electron chi connectivity index (χ0n) is 19.8. The van der Waals surface area contributed by atoms with Crippen LogP contribution in [0.3, 0.4) is 0 Å². The lowest BCUT2D eigenvalue weighted by atomic mass is 10.1.